The van der Waals surface area contributed by atoms with E-state index in [1.54, 1.807) is 22.7 Å². The molecule has 0 bridgehead atoms. The van der Waals surface area contributed by atoms with Gasteiger partial charge in [0.05, 0.1) is 0 Å². The molecule has 0 saturated heterocycles. The second kappa shape index (κ2) is 8.17. The first-order valence-electron chi connectivity index (χ1n) is 12.8. The van der Waals surface area contributed by atoms with E-state index in [1.807, 2.05) is 34.5 Å². The fourth-order valence-electron chi connectivity index (χ4n) is 5.76. The van der Waals surface area contributed by atoms with Crippen LogP contribution in [-0.2, 0) is 0 Å². The zero-order chi connectivity index (χ0) is 25.5. The number of hydrogen-bond donors (Lipinski definition) is 0. The highest BCUT2D eigenvalue weighted by Gasteiger charge is 2.11. The van der Waals surface area contributed by atoms with Gasteiger partial charge in [0.2, 0.25) is 0 Å². The zero-order valence-corrected chi connectivity index (χ0v) is 23.0. The van der Waals surface area contributed by atoms with E-state index in [-0.39, 0.29) is 0 Å². The first-order valence-corrected chi connectivity index (χ1v) is 15.3. The molecule has 0 aliphatic rings. The Bertz CT molecular complexity index is 2210. The summed E-state index contributed by atoms with van der Waals surface area (Å²) in [5.41, 5.74) is 2.35. The van der Waals surface area contributed by atoms with Crippen molar-refractivity contribution in [3.05, 3.63) is 108 Å². The van der Waals surface area contributed by atoms with E-state index >= 15 is 0 Å². The summed E-state index contributed by atoms with van der Waals surface area (Å²) in [5, 5.41) is 19.0. The molecule has 2 nitrogen and oxygen atoms in total. The summed E-state index contributed by atoms with van der Waals surface area (Å²) in [4.78, 5) is 9.00. The molecule has 3 heterocycles. The molecule has 3 aromatic heterocycles. The lowest BCUT2D eigenvalue weighted by Crippen LogP contribution is -1.81. The van der Waals surface area contributed by atoms with E-state index in [2.05, 4.69) is 94.9 Å². The molecule has 0 aliphatic carbocycles. The Labute approximate surface area is 235 Å². The first kappa shape index (κ1) is 21.7. The number of rotatable bonds is 2. The van der Waals surface area contributed by atoms with Crippen molar-refractivity contribution in [1.29, 1.82) is 0 Å². The predicted octanol–water partition coefficient (Wildman–Crippen LogP) is 10.9. The first-order chi connectivity index (χ1) is 19.2. The smallest absolute Gasteiger partial charge is 0.123 e. The molecule has 0 saturated carbocycles. The van der Waals surface area contributed by atoms with E-state index in [1.165, 1.54) is 74.4 Å². The highest BCUT2D eigenvalue weighted by molar-refractivity contribution is 7.26. The number of thiophene rings is 1. The largest absolute Gasteiger partial charge is 0.245 e. The second-order valence-corrected chi connectivity index (χ2v) is 12.9. The number of thiazole rings is 2. The average Bonchev–Trinajstić information content (AvgIpc) is 3.74. The lowest BCUT2D eigenvalue weighted by Gasteiger charge is -2.06. The van der Waals surface area contributed by atoms with Gasteiger partial charge in [-0.1, -0.05) is 24.3 Å². The molecule has 0 radical (unpaired) electrons. The van der Waals surface area contributed by atoms with Crippen molar-refractivity contribution >= 4 is 97.3 Å². The predicted molar refractivity (Wildman–Crippen MR) is 172 cm³/mol. The van der Waals surface area contributed by atoms with E-state index in [0.29, 0.717) is 0 Å². The summed E-state index contributed by atoms with van der Waals surface area (Å²) in [6, 6.07) is 32.1. The van der Waals surface area contributed by atoms with Gasteiger partial charge in [-0.2, -0.15) is 0 Å². The lowest BCUT2D eigenvalue weighted by molar-refractivity contribution is 1.42. The Kier molecular flexibility index (Phi) is 4.55. The van der Waals surface area contributed by atoms with E-state index in [4.69, 9.17) is 0 Å². The number of nitrogens with zero attached hydrogens (tertiary/aromatic N) is 2. The second-order valence-electron chi connectivity index (χ2n) is 10.00. The van der Waals surface area contributed by atoms with Crippen LogP contribution in [0.5, 0.6) is 0 Å². The molecular weight excluding hydrogens is 533 g/mol. The van der Waals surface area contributed by atoms with Crippen molar-refractivity contribution in [3.63, 3.8) is 0 Å². The van der Waals surface area contributed by atoms with Crippen LogP contribution in [0, 0.1) is 0 Å². The fraction of sp³-hybridized carbons (Fsp3) is 0. The van der Waals surface area contributed by atoms with Crippen molar-refractivity contribution in [2.24, 2.45) is 0 Å². The lowest BCUT2D eigenvalue weighted by atomic mass is 9.98. The van der Waals surface area contributed by atoms with Crippen LogP contribution in [0.4, 0.5) is 0 Å². The quantitative estimate of drug-likeness (QED) is 0.200. The number of fused-ring (bicyclic) bond motifs is 7. The highest BCUT2D eigenvalue weighted by Crippen LogP contribution is 2.40. The number of hydrogen-bond acceptors (Lipinski definition) is 5. The monoisotopic (exact) mass is 550 g/mol. The Hall–Kier alpha value is -4.16. The van der Waals surface area contributed by atoms with E-state index in [0.717, 1.165) is 10.0 Å². The normalized spacial score (nSPS) is 12.1. The maximum atomic E-state index is 4.50. The van der Waals surface area contributed by atoms with Gasteiger partial charge < -0.3 is 0 Å². The zero-order valence-electron chi connectivity index (χ0n) is 20.5. The topological polar surface area (TPSA) is 25.8 Å². The summed E-state index contributed by atoms with van der Waals surface area (Å²) >= 11 is 5.25. The molecule has 182 valence electrons. The Balaban J connectivity index is 1.25. The minimum Gasteiger partial charge on any atom is -0.245 e. The van der Waals surface area contributed by atoms with Gasteiger partial charge in [-0.15, -0.1) is 34.0 Å². The average molecular weight is 551 g/mol. The number of benzene rings is 6. The van der Waals surface area contributed by atoms with E-state index < -0.39 is 0 Å². The molecule has 0 fully saturated rings. The third kappa shape index (κ3) is 3.44. The molecule has 0 N–H and O–H groups in total. The van der Waals surface area contributed by atoms with Crippen LogP contribution >= 0.6 is 34.0 Å². The van der Waals surface area contributed by atoms with Crippen LogP contribution in [0.15, 0.2) is 108 Å². The molecule has 0 unspecified atom stereocenters. The van der Waals surface area contributed by atoms with Crippen LogP contribution in [0.25, 0.3) is 84.4 Å². The summed E-state index contributed by atoms with van der Waals surface area (Å²) in [6.45, 7) is 0. The number of aromatic nitrogens is 2. The van der Waals surface area contributed by atoms with Crippen LogP contribution < -0.4 is 0 Å². The van der Waals surface area contributed by atoms with Gasteiger partial charge in [0.1, 0.15) is 10.0 Å². The van der Waals surface area contributed by atoms with Crippen LogP contribution in [0.1, 0.15) is 0 Å². The summed E-state index contributed by atoms with van der Waals surface area (Å²) in [7, 11) is 0. The van der Waals surface area contributed by atoms with Crippen molar-refractivity contribution in [2.75, 3.05) is 0 Å². The molecule has 6 aromatic carbocycles. The molecule has 0 spiro atoms. The Morgan fingerprint density at radius 1 is 0.410 bits per heavy atom. The van der Waals surface area contributed by atoms with Gasteiger partial charge in [0.25, 0.3) is 0 Å². The molecular formula is C34H18N2S3. The summed E-state index contributed by atoms with van der Waals surface area (Å²) < 4.78 is 2.67. The van der Waals surface area contributed by atoms with Crippen molar-refractivity contribution < 1.29 is 0 Å². The minimum absolute atomic E-state index is 1.06. The van der Waals surface area contributed by atoms with Crippen LogP contribution in [0.3, 0.4) is 0 Å². The maximum Gasteiger partial charge on any atom is 0.123 e. The molecule has 0 atom stereocenters. The van der Waals surface area contributed by atoms with Crippen molar-refractivity contribution in [1.82, 2.24) is 9.97 Å². The minimum atomic E-state index is 1.06. The SMILES string of the molecule is c1csc(-c2ccc3cc4cc5sc6cc7cc8ccc(-c9nccs9)cc8cc7cc6c5cc4cc3c2)n1. The Morgan fingerprint density at radius 3 is 1.31 bits per heavy atom. The molecule has 9 aromatic rings. The van der Waals surface area contributed by atoms with Gasteiger partial charge in [-0.25, -0.2) is 9.97 Å². The van der Waals surface area contributed by atoms with Gasteiger partial charge in [-0.05, 0) is 104 Å². The van der Waals surface area contributed by atoms with Gasteiger partial charge >= 0.3 is 0 Å². The molecule has 5 heteroatoms. The van der Waals surface area contributed by atoms with E-state index in [9.17, 15) is 0 Å². The van der Waals surface area contributed by atoms with Gasteiger partial charge in [0.15, 0.2) is 0 Å². The van der Waals surface area contributed by atoms with Crippen LogP contribution in [-0.4, -0.2) is 9.97 Å². The highest BCUT2D eigenvalue weighted by atomic mass is 32.1. The third-order valence-electron chi connectivity index (χ3n) is 7.66. The molecule has 9 rings (SSSR count). The summed E-state index contributed by atoms with van der Waals surface area (Å²) in [6.07, 6.45) is 3.74. The fourth-order valence-corrected chi connectivity index (χ4v) is 8.20. The van der Waals surface area contributed by atoms with Gasteiger partial charge in [-0.3, -0.25) is 0 Å². The molecule has 0 amide bonds. The van der Waals surface area contributed by atoms with Crippen molar-refractivity contribution in [3.8, 4) is 21.1 Å². The van der Waals surface area contributed by atoms with Crippen molar-refractivity contribution in [2.45, 2.75) is 0 Å². The van der Waals surface area contributed by atoms with Gasteiger partial charge in [0, 0.05) is 54.5 Å². The Morgan fingerprint density at radius 2 is 0.846 bits per heavy atom. The van der Waals surface area contributed by atoms with Crippen LogP contribution in [0.2, 0.25) is 0 Å². The third-order valence-corrected chi connectivity index (χ3v) is 10.4. The molecule has 0 aliphatic heterocycles. The maximum absolute atomic E-state index is 4.50. The standard InChI is InChI=1S/C34H18N2S3/c1-3-21(33-35-5-7-37-33)11-23-13-25-15-29-30-16-26-14-24-12-22(34-36-6-8-38-34)4-2-20(24)10-28(26)18-32(30)39-31(29)17-27(25)9-19(1)23/h1-18H. The molecule has 39 heavy (non-hydrogen) atoms. The summed E-state index contributed by atoms with van der Waals surface area (Å²) in [5.74, 6) is 0.